The topological polar surface area (TPSA) is 62.6 Å². The Kier molecular flexibility index (Phi) is 4.21. The van der Waals surface area contributed by atoms with Gasteiger partial charge in [-0.15, -0.1) is 0 Å². The van der Waals surface area contributed by atoms with Gasteiger partial charge in [0, 0.05) is 36.1 Å². The number of nitrogens with one attached hydrogen (secondary N) is 1. The molecular weight excluding hydrogens is 328 g/mol. The molecule has 0 bridgehead atoms. The van der Waals surface area contributed by atoms with Gasteiger partial charge in [-0.3, -0.25) is 9.59 Å². The molecule has 5 nitrogen and oxygen atoms in total. The Labute approximate surface area is 151 Å². The molecule has 0 spiro atoms. The quantitative estimate of drug-likeness (QED) is 0.778. The van der Waals surface area contributed by atoms with Crippen molar-refractivity contribution in [3.63, 3.8) is 0 Å². The van der Waals surface area contributed by atoms with E-state index in [0.29, 0.717) is 13.1 Å². The van der Waals surface area contributed by atoms with E-state index >= 15 is 0 Å². The normalized spacial score (nSPS) is 17.0. The van der Waals surface area contributed by atoms with Crippen molar-refractivity contribution in [2.45, 2.75) is 13.3 Å². The number of hydrogen-bond acceptors (Lipinski definition) is 3. The first-order valence-electron chi connectivity index (χ1n) is 8.81. The smallest absolute Gasteiger partial charge is 0.229 e. The Morgan fingerprint density at radius 3 is 2.65 bits per heavy atom. The lowest BCUT2D eigenvalue weighted by Crippen LogP contribution is -2.28. The number of amides is 2. The van der Waals surface area contributed by atoms with E-state index < -0.39 is 0 Å². The van der Waals surface area contributed by atoms with Crippen LogP contribution in [-0.4, -0.2) is 29.8 Å². The lowest BCUT2D eigenvalue weighted by molar-refractivity contribution is -0.128. The highest BCUT2D eigenvalue weighted by molar-refractivity contribution is 5.97. The molecular formula is C21H20N2O3. The molecule has 1 N–H and O–H groups in total. The molecule has 1 aliphatic heterocycles. The molecule has 2 aromatic carbocycles. The van der Waals surface area contributed by atoms with Gasteiger partial charge in [-0.2, -0.15) is 0 Å². The van der Waals surface area contributed by atoms with Crippen LogP contribution in [-0.2, 0) is 9.59 Å². The Hall–Kier alpha value is -3.08. The van der Waals surface area contributed by atoms with Crippen molar-refractivity contribution in [3.8, 4) is 11.3 Å². The molecule has 1 aromatic heterocycles. The van der Waals surface area contributed by atoms with Crippen LogP contribution in [0.2, 0.25) is 0 Å². The number of furan rings is 1. The van der Waals surface area contributed by atoms with E-state index in [1.807, 2.05) is 61.5 Å². The van der Waals surface area contributed by atoms with Crippen LogP contribution in [0.4, 0.5) is 5.69 Å². The van der Waals surface area contributed by atoms with Gasteiger partial charge in [0.1, 0.15) is 11.3 Å². The monoisotopic (exact) mass is 348 g/mol. The van der Waals surface area contributed by atoms with Crippen LogP contribution in [0.15, 0.2) is 59.0 Å². The average molecular weight is 348 g/mol. The molecule has 5 heteroatoms. The summed E-state index contributed by atoms with van der Waals surface area (Å²) in [7, 11) is 0. The average Bonchev–Trinajstić information content (AvgIpc) is 3.25. The largest absolute Gasteiger partial charge is 0.456 e. The predicted molar refractivity (Wildman–Crippen MR) is 101 cm³/mol. The molecule has 4 rings (SSSR count). The lowest BCUT2D eigenvalue weighted by Gasteiger charge is -2.13. The summed E-state index contributed by atoms with van der Waals surface area (Å²) in [6, 6.07) is 17.4. The Morgan fingerprint density at radius 2 is 1.96 bits per heavy atom. The number of nitrogens with zero attached hydrogens (tertiary/aromatic N) is 1. The van der Waals surface area contributed by atoms with Gasteiger partial charge in [-0.1, -0.05) is 18.2 Å². The summed E-state index contributed by atoms with van der Waals surface area (Å²) in [5, 5.41) is 3.97. The molecule has 1 atom stereocenters. The third-order valence-electron chi connectivity index (χ3n) is 4.83. The summed E-state index contributed by atoms with van der Waals surface area (Å²) in [4.78, 5) is 25.9. The van der Waals surface area contributed by atoms with E-state index in [1.54, 1.807) is 4.90 Å². The molecule has 2 amide bonds. The number of carbonyl (C=O) groups excluding carboxylic acids is 2. The molecule has 1 fully saturated rings. The van der Waals surface area contributed by atoms with Crippen molar-refractivity contribution in [1.29, 1.82) is 0 Å². The van der Waals surface area contributed by atoms with E-state index in [0.717, 1.165) is 28.0 Å². The zero-order valence-electron chi connectivity index (χ0n) is 14.6. The number of fused-ring (bicyclic) bond motifs is 1. The summed E-state index contributed by atoms with van der Waals surface area (Å²) < 4.78 is 5.86. The van der Waals surface area contributed by atoms with E-state index in [2.05, 4.69) is 5.32 Å². The number of anilines is 1. The third kappa shape index (κ3) is 3.08. The fourth-order valence-electron chi connectivity index (χ4n) is 3.34. The van der Waals surface area contributed by atoms with Crippen LogP contribution < -0.4 is 5.32 Å². The second-order valence-corrected chi connectivity index (χ2v) is 6.55. The summed E-state index contributed by atoms with van der Waals surface area (Å²) >= 11 is 0. The molecule has 0 aliphatic carbocycles. The van der Waals surface area contributed by atoms with Gasteiger partial charge in [0.05, 0.1) is 5.92 Å². The molecule has 132 valence electrons. The van der Waals surface area contributed by atoms with Crippen molar-refractivity contribution < 1.29 is 14.0 Å². The maximum Gasteiger partial charge on any atom is 0.229 e. The number of carbonyl (C=O) groups is 2. The van der Waals surface area contributed by atoms with Crippen LogP contribution in [0.3, 0.4) is 0 Å². The Morgan fingerprint density at radius 1 is 1.19 bits per heavy atom. The number of rotatable bonds is 4. The number of benzene rings is 2. The second-order valence-electron chi connectivity index (χ2n) is 6.55. The lowest BCUT2D eigenvalue weighted by atomic mass is 10.1. The zero-order chi connectivity index (χ0) is 18.1. The third-order valence-corrected chi connectivity index (χ3v) is 4.83. The SMILES string of the molecule is CCN1C[C@H](C(=O)Nc2ccc(-c3cc4ccccc4o3)cc2)CC1=O. The number of likely N-dealkylation sites (tertiary alicyclic amines) is 1. The Balaban J connectivity index is 1.46. The minimum absolute atomic E-state index is 0.0490. The maximum atomic E-state index is 12.4. The van der Waals surface area contributed by atoms with Crippen molar-refractivity contribution in [2.24, 2.45) is 5.92 Å². The van der Waals surface area contributed by atoms with Crippen LogP contribution in [0, 0.1) is 5.92 Å². The van der Waals surface area contributed by atoms with Crippen molar-refractivity contribution >= 4 is 28.5 Å². The maximum absolute atomic E-state index is 12.4. The highest BCUT2D eigenvalue weighted by Crippen LogP contribution is 2.28. The minimum Gasteiger partial charge on any atom is -0.456 e. The highest BCUT2D eigenvalue weighted by atomic mass is 16.3. The van der Waals surface area contributed by atoms with Crippen LogP contribution in [0.25, 0.3) is 22.3 Å². The first-order valence-corrected chi connectivity index (χ1v) is 8.81. The highest BCUT2D eigenvalue weighted by Gasteiger charge is 2.33. The van der Waals surface area contributed by atoms with Crippen molar-refractivity contribution in [1.82, 2.24) is 4.90 Å². The van der Waals surface area contributed by atoms with Gasteiger partial charge in [0.15, 0.2) is 0 Å². The fourth-order valence-corrected chi connectivity index (χ4v) is 3.34. The summed E-state index contributed by atoms with van der Waals surface area (Å²) in [6.45, 7) is 3.07. The van der Waals surface area contributed by atoms with Gasteiger partial charge in [0.25, 0.3) is 0 Å². The standard InChI is InChI=1S/C21H20N2O3/c1-2-23-13-16(12-20(23)24)21(25)22-17-9-7-14(8-10-17)19-11-15-5-3-4-6-18(15)26-19/h3-11,16H,2,12-13H2,1H3,(H,22,25)/t16-/m1/s1. The number of para-hydroxylation sites is 1. The number of hydrogen-bond donors (Lipinski definition) is 1. The minimum atomic E-state index is -0.280. The molecule has 0 saturated carbocycles. The van der Waals surface area contributed by atoms with E-state index in [-0.39, 0.29) is 24.2 Å². The predicted octanol–water partition coefficient (Wildman–Crippen LogP) is 3.91. The summed E-state index contributed by atoms with van der Waals surface area (Å²) in [6.07, 6.45) is 0.288. The zero-order valence-corrected chi connectivity index (χ0v) is 14.6. The second kappa shape index (κ2) is 6.67. The summed E-state index contributed by atoms with van der Waals surface area (Å²) in [5.74, 6) is 0.459. The molecule has 3 aromatic rings. The van der Waals surface area contributed by atoms with Gasteiger partial charge < -0.3 is 14.6 Å². The van der Waals surface area contributed by atoms with E-state index in [4.69, 9.17) is 4.42 Å². The van der Waals surface area contributed by atoms with Crippen molar-refractivity contribution in [2.75, 3.05) is 18.4 Å². The summed E-state index contributed by atoms with van der Waals surface area (Å²) in [5.41, 5.74) is 2.52. The van der Waals surface area contributed by atoms with Gasteiger partial charge in [-0.25, -0.2) is 0 Å². The van der Waals surface area contributed by atoms with Gasteiger partial charge in [-0.05, 0) is 43.3 Å². The molecule has 0 unspecified atom stereocenters. The van der Waals surface area contributed by atoms with Gasteiger partial charge in [0.2, 0.25) is 11.8 Å². The first-order chi connectivity index (χ1) is 12.6. The molecule has 26 heavy (non-hydrogen) atoms. The fraction of sp³-hybridized carbons (Fsp3) is 0.238. The van der Waals surface area contributed by atoms with Crippen LogP contribution >= 0.6 is 0 Å². The van der Waals surface area contributed by atoms with Gasteiger partial charge >= 0.3 is 0 Å². The van der Waals surface area contributed by atoms with E-state index in [9.17, 15) is 9.59 Å². The van der Waals surface area contributed by atoms with Crippen LogP contribution in [0.5, 0.6) is 0 Å². The van der Waals surface area contributed by atoms with Crippen molar-refractivity contribution in [3.05, 3.63) is 54.6 Å². The first kappa shape index (κ1) is 16.4. The Bertz CT molecular complexity index is 926. The molecule has 0 radical (unpaired) electrons. The van der Waals surface area contributed by atoms with E-state index in [1.165, 1.54) is 0 Å². The molecule has 1 saturated heterocycles. The molecule has 2 heterocycles. The van der Waals surface area contributed by atoms with Crippen LogP contribution in [0.1, 0.15) is 13.3 Å². The molecule has 1 aliphatic rings.